The molecular formula is C17H23N3S. The second-order valence-corrected chi connectivity index (χ2v) is 6.79. The van der Waals surface area contributed by atoms with Crippen molar-refractivity contribution in [2.75, 3.05) is 18.8 Å². The smallest absolute Gasteiger partial charge is 0.0945 e. The van der Waals surface area contributed by atoms with Crippen molar-refractivity contribution in [1.29, 1.82) is 0 Å². The first-order chi connectivity index (χ1) is 10.2. The molecule has 0 aliphatic carbocycles. The number of hydrogen-bond acceptors (Lipinski definition) is 4. The molecule has 2 N–H and O–H groups in total. The van der Waals surface area contributed by atoms with Gasteiger partial charge in [0.15, 0.2) is 0 Å². The maximum atomic E-state index is 6.03. The zero-order valence-corrected chi connectivity index (χ0v) is 13.4. The molecule has 1 atom stereocenters. The number of rotatable bonds is 4. The topological polar surface area (TPSA) is 42.2 Å². The van der Waals surface area contributed by atoms with Crippen LogP contribution in [0, 0.1) is 0 Å². The van der Waals surface area contributed by atoms with Crippen LogP contribution in [0.5, 0.6) is 0 Å². The first-order valence-electron chi connectivity index (χ1n) is 7.77. The summed E-state index contributed by atoms with van der Waals surface area (Å²) < 4.78 is 0. The lowest BCUT2D eigenvalue weighted by Gasteiger charge is -2.32. The summed E-state index contributed by atoms with van der Waals surface area (Å²) in [6.07, 6.45) is 5.10. The molecule has 112 valence electrons. The molecule has 0 saturated carbocycles. The summed E-state index contributed by atoms with van der Waals surface area (Å²) in [5.74, 6) is 0. The van der Waals surface area contributed by atoms with Crippen molar-refractivity contribution in [3.63, 3.8) is 0 Å². The number of anilines is 1. The summed E-state index contributed by atoms with van der Waals surface area (Å²) >= 11 is 1.75. The lowest BCUT2D eigenvalue weighted by atomic mass is 10.0. The average Bonchev–Trinajstić information content (AvgIpc) is 2.96. The molecule has 2 heterocycles. The van der Waals surface area contributed by atoms with Crippen molar-refractivity contribution in [3.05, 3.63) is 34.7 Å². The molecule has 0 bridgehead atoms. The molecular weight excluding hydrogens is 278 g/mol. The molecule has 1 unspecified atom stereocenters. The Morgan fingerprint density at radius 1 is 1.33 bits per heavy atom. The first-order valence-corrected chi connectivity index (χ1v) is 8.65. The molecule has 1 fully saturated rings. The Morgan fingerprint density at radius 3 is 3.00 bits per heavy atom. The number of thiazole rings is 1. The highest BCUT2D eigenvalue weighted by Crippen LogP contribution is 2.27. The van der Waals surface area contributed by atoms with Gasteiger partial charge >= 0.3 is 0 Å². The van der Waals surface area contributed by atoms with Crippen LogP contribution in [-0.2, 0) is 6.42 Å². The number of para-hydroxylation sites is 1. The molecule has 3 nitrogen and oxygen atoms in total. The predicted octanol–water partition coefficient (Wildman–Crippen LogP) is 3.81. The maximum absolute atomic E-state index is 6.03. The standard InChI is InChI=1S/C17H23N3S/c1-13-6-4-5-10-20(13)11-9-17-19-16(12-21-17)14-7-2-3-8-15(14)18/h2-3,7-8,12-13H,4-6,9-11,18H2,1H3. The SMILES string of the molecule is CC1CCCCN1CCc1nc(-c2ccccc2N)cs1. The Labute approximate surface area is 130 Å². The summed E-state index contributed by atoms with van der Waals surface area (Å²) in [7, 11) is 0. The third-order valence-electron chi connectivity index (χ3n) is 4.34. The number of nitrogens with two attached hydrogens (primary N) is 1. The van der Waals surface area contributed by atoms with Crippen molar-refractivity contribution in [2.24, 2.45) is 0 Å². The van der Waals surface area contributed by atoms with Crippen LogP contribution in [0.4, 0.5) is 5.69 Å². The normalized spacial score (nSPS) is 19.8. The molecule has 1 saturated heterocycles. The van der Waals surface area contributed by atoms with E-state index in [1.165, 1.54) is 30.8 Å². The molecule has 2 aromatic rings. The fraction of sp³-hybridized carbons (Fsp3) is 0.471. The minimum absolute atomic E-state index is 0.725. The summed E-state index contributed by atoms with van der Waals surface area (Å²) in [4.78, 5) is 7.36. The van der Waals surface area contributed by atoms with Crippen LogP contribution in [0.2, 0.25) is 0 Å². The van der Waals surface area contributed by atoms with Crippen LogP contribution in [-0.4, -0.2) is 29.0 Å². The average molecular weight is 301 g/mol. The predicted molar refractivity (Wildman–Crippen MR) is 90.6 cm³/mol. The van der Waals surface area contributed by atoms with Crippen LogP contribution >= 0.6 is 11.3 Å². The first kappa shape index (κ1) is 14.5. The molecule has 1 aliphatic rings. The van der Waals surface area contributed by atoms with Crippen molar-refractivity contribution in [1.82, 2.24) is 9.88 Å². The van der Waals surface area contributed by atoms with Crippen molar-refractivity contribution < 1.29 is 0 Å². The van der Waals surface area contributed by atoms with E-state index in [4.69, 9.17) is 10.7 Å². The molecule has 3 rings (SSSR count). The van der Waals surface area contributed by atoms with E-state index in [1.54, 1.807) is 11.3 Å². The highest BCUT2D eigenvalue weighted by molar-refractivity contribution is 7.09. The van der Waals surface area contributed by atoms with Gasteiger partial charge in [-0.15, -0.1) is 11.3 Å². The van der Waals surface area contributed by atoms with Gasteiger partial charge < -0.3 is 10.6 Å². The van der Waals surface area contributed by atoms with E-state index < -0.39 is 0 Å². The van der Waals surface area contributed by atoms with Crippen LogP contribution in [0.3, 0.4) is 0 Å². The number of nitrogen functional groups attached to an aromatic ring is 1. The van der Waals surface area contributed by atoms with E-state index >= 15 is 0 Å². The fourth-order valence-corrected chi connectivity index (χ4v) is 3.80. The van der Waals surface area contributed by atoms with Gasteiger partial charge in [-0.05, 0) is 32.4 Å². The highest BCUT2D eigenvalue weighted by Gasteiger charge is 2.18. The van der Waals surface area contributed by atoms with Gasteiger partial charge in [0.1, 0.15) is 0 Å². The molecule has 1 aromatic heterocycles. The summed E-state index contributed by atoms with van der Waals surface area (Å²) in [6, 6.07) is 8.68. The van der Waals surface area contributed by atoms with Gasteiger partial charge in [0.05, 0.1) is 10.7 Å². The van der Waals surface area contributed by atoms with Gasteiger partial charge in [-0.1, -0.05) is 24.6 Å². The Morgan fingerprint density at radius 2 is 2.19 bits per heavy atom. The quantitative estimate of drug-likeness (QED) is 0.873. The number of hydrogen-bond donors (Lipinski definition) is 1. The third kappa shape index (κ3) is 3.44. The summed E-state index contributed by atoms with van der Waals surface area (Å²) in [6.45, 7) is 4.71. The number of piperidine rings is 1. The molecule has 4 heteroatoms. The van der Waals surface area contributed by atoms with Crippen molar-refractivity contribution in [2.45, 2.75) is 38.6 Å². The zero-order valence-electron chi connectivity index (χ0n) is 12.6. The van der Waals surface area contributed by atoms with Crippen LogP contribution < -0.4 is 5.73 Å². The minimum atomic E-state index is 0.725. The van der Waals surface area contributed by atoms with E-state index in [0.29, 0.717) is 0 Å². The second-order valence-electron chi connectivity index (χ2n) is 5.84. The van der Waals surface area contributed by atoms with Gasteiger partial charge in [0, 0.05) is 35.6 Å². The van der Waals surface area contributed by atoms with Gasteiger partial charge in [0.2, 0.25) is 0 Å². The van der Waals surface area contributed by atoms with E-state index in [0.717, 1.165) is 36.0 Å². The molecule has 1 aliphatic heterocycles. The van der Waals surface area contributed by atoms with Crippen molar-refractivity contribution in [3.8, 4) is 11.3 Å². The minimum Gasteiger partial charge on any atom is -0.398 e. The zero-order chi connectivity index (χ0) is 14.7. The van der Waals surface area contributed by atoms with Gasteiger partial charge in [-0.3, -0.25) is 0 Å². The molecule has 0 radical (unpaired) electrons. The Hall–Kier alpha value is -1.39. The number of likely N-dealkylation sites (tertiary alicyclic amines) is 1. The lowest BCUT2D eigenvalue weighted by Crippen LogP contribution is -2.38. The lowest BCUT2D eigenvalue weighted by molar-refractivity contribution is 0.163. The van der Waals surface area contributed by atoms with Crippen molar-refractivity contribution >= 4 is 17.0 Å². The van der Waals surface area contributed by atoms with Crippen LogP contribution in [0.25, 0.3) is 11.3 Å². The third-order valence-corrected chi connectivity index (χ3v) is 5.25. The van der Waals surface area contributed by atoms with E-state index in [2.05, 4.69) is 17.2 Å². The Balaban J connectivity index is 1.64. The van der Waals surface area contributed by atoms with Gasteiger partial charge in [0.25, 0.3) is 0 Å². The molecule has 0 amide bonds. The second kappa shape index (κ2) is 6.58. The van der Waals surface area contributed by atoms with E-state index in [-0.39, 0.29) is 0 Å². The van der Waals surface area contributed by atoms with E-state index in [1.807, 2.05) is 24.3 Å². The number of aromatic nitrogens is 1. The number of nitrogens with zero attached hydrogens (tertiary/aromatic N) is 2. The fourth-order valence-electron chi connectivity index (χ4n) is 3.01. The highest BCUT2D eigenvalue weighted by atomic mass is 32.1. The van der Waals surface area contributed by atoms with Gasteiger partial charge in [-0.25, -0.2) is 4.98 Å². The summed E-state index contributed by atoms with van der Waals surface area (Å²) in [5.41, 5.74) is 8.89. The number of benzene rings is 1. The molecule has 0 spiro atoms. The summed E-state index contributed by atoms with van der Waals surface area (Å²) in [5, 5.41) is 3.34. The van der Waals surface area contributed by atoms with Crippen LogP contribution in [0.1, 0.15) is 31.2 Å². The van der Waals surface area contributed by atoms with Gasteiger partial charge in [-0.2, -0.15) is 0 Å². The monoisotopic (exact) mass is 301 g/mol. The van der Waals surface area contributed by atoms with E-state index in [9.17, 15) is 0 Å². The molecule has 1 aromatic carbocycles. The maximum Gasteiger partial charge on any atom is 0.0945 e. The Bertz CT molecular complexity index is 593. The van der Waals surface area contributed by atoms with Crippen LogP contribution in [0.15, 0.2) is 29.6 Å². The largest absolute Gasteiger partial charge is 0.398 e. The molecule has 21 heavy (non-hydrogen) atoms. The Kier molecular flexibility index (Phi) is 4.56.